The van der Waals surface area contributed by atoms with Crippen LogP contribution in [0.2, 0.25) is 0 Å². The van der Waals surface area contributed by atoms with E-state index in [1.165, 1.54) is 10.6 Å². The van der Waals surface area contributed by atoms with Gasteiger partial charge in [0.15, 0.2) is 0 Å². The quantitative estimate of drug-likeness (QED) is 0.581. The van der Waals surface area contributed by atoms with Crippen LogP contribution in [-0.4, -0.2) is 20.8 Å². The molecule has 0 aliphatic carbocycles. The van der Waals surface area contributed by atoms with Crippen molar-refractivity contribution < 1.29 is 18.3 Å². The lowest BCUT2D eigenvalue weighted by atomic mass is 10.1. The number of benzene rings is 2. The first-order valence-electron chi connectivity index (χ1n) is 7.62. The van der Waals surface area contributed by atoms with E-state index in [0.29, 0.717) is 10.4 Å². The van der Waals surface area contributed by atoms with Crippen LogP contribution in [0.15, 0.2) is 55.8 Å². The number of para-hydroxylation sites is 1. The van der Waals surface area contributed by atoms with Crippen LogP contribution in [0.4, 0.5) is 13.2 Å². The molecule has 0 unspecified atom stereocenters. The standard InChI is InChI=1S/C17H11F3N2O3S/c18-17(19,20)9-4-5-11-13(8-9)26-12-3-1-2-10-14(12)22(11)16(25)21(6-7-23)15(10)24/h1-5,8,23H,6-7H2. The summed E-state index contributed by atoms with van der Waals surface area (Å²) in [6.07, 6.45) is -4.50. The van der Waals surface area contributed by atoms with Gasteiger partial charge in [-0.2, -0.15) is 13.2 Å². The van der Waals surface area contributed by atoms with Crippen LogP contribution >= 0.6 is 11.8 Å². The number of aliphatic hydroxyl groups excluding tert-OH is 1. The van der Waals surface area contributed by atoms with E-state index in [-0.39, 0.29) is 22.5 Å². The molecule has 0 saturated heterocycles. The topological polar surface area (TPSA) is 64.2 Å². The third-order valence-corrected chi connectivity index (χ3v) is 5.29. The van der Waals surface area contributed by atoms with Crippen molar-refractivity contribution in [2.24, 2.45) is 0 Å². The summed E-state index contributed by atoms with van der Waals surface area (Å²) >= 11 is 1.08. The van der Waals surface area contributed by atoms with Crippen molar-refractivity contribution in [3.05, 3.63) is 62.8 Å². The molecular formula is C17H11F3N2O3S. The highest BCUT2D eigenvalue weighted by Crippen LogP contribution is 2.43. The van der Waals surface area contributed by atoms with Crippen LogP contribution in [0.5, 0.6) is 0 Å². The lowest BCUT2D eigenvalue weighted by molar-refractivity contribution is -0.137. The summed E-state index contributed by atoms with van der Waals surface area (Å²) in [5, 5.41) is 9.43. The molecule has 1 aliphatic heterocycles. The van der Waals surface area contributed by atoms with Gasteiger partial charge in [0.2, 0.25) is 0 Å². The Hall–Kier alpha value is -2.52. The molecule has 0 bridgehead atoms. The van der Waals surface area contributed by atoms with Gasteiger partial charge >= 0.3 is 11.9 Å². The molecule has 0 radical (unpaired) electrons. The number of rotatable bonds is 2. The van der Waals surface area contributed by atoms with Gasteiger partial charge in [0.25, 0.3) is 5.56 Å². The van der Waals surface area contributed by atoms with Crippen molar-refractivity contribution in [1.82, 2.24) is 9.13 Å². The number of aromatic nitrogens is 2. The molecule has 1 aliphatic rings. The lowest BCUT2D eigenvalue weighted by Gasteiger charge is -2.23. The van der Waals surface area contributed by atoms with Gasteiger partial charge in [-0.05, 0) is 30.3 Å². The molecule has 0 spiro atoms. The molecule has 0 amide bonds. The van der Waals surface area contributed by atoms with Crippen molar-refractivity contribution in [3.63, 3.8) is 0 Å². The van der Waals surface area contributed by atoms with Gasteiger partial charge in [0.1, 0.15) is 0 Å². The first-order valence-corrected chi connectivity index (χ1v) is 8.43. The number of alkyl halides is 3. The van der Waals surface area contributed by atoms with Gasteiger partial charge in [-0.3, -0.25) is 13.9 Å². The van der Waals surface area contributed by atoms with Crippen molar-refractivity contribution in [3.8, 4) is 5.69 Å². The second kappa shape index (κ2) is 5.75. The van der Waals surface area contributed by atoms with E-state index in [4.69, 9.17) is 5.11 Å². The van der Waals surface area contributed by atoms with Crippen molar-refractivity contribution in [2.45, 2.75) is 22.5 Å². The molecule has 9 heteroatoms. The van der Waals surface area contributed by atoms with Crippen LogP contribution in [0.25, 0.3) is 16.6 Å². The Labute approximate surface area is 148 Å². The summed E-state index contributed by atoms with van der Waals surface area (Å²) in [7, 11) is 0. The van der Waals surface area contributed by atoms with Gasteiger partial charge in [-0.15, -0.1) is 0 Å². The number of fused-ring (bicyclic) bond motifs is 2. The molecule has 2 heterocycles. The zero-order chi connectivity index (χ0) is 18.6. The van der Waals surface area contributed by atoms with E-state index < -0.39 is 29.6 Å². The monoisotopic (exact) mass is 380 g/mol. The summed E-state index contributed by atoms with van der Waals surface area (Å²) in [6.45, 7) is -0.601. The van der Waals surface area contributed by atoms with Crippen LogP contribution in [0.3, 0.4) is 0 Å². The van der Waals surface area contributed by atoms with Gasteiger partial charge in [0.05, 0.1) is 35.3 Å². The van der Waals surface area contributed by atoms with Gasteiger partial charge in [-0.1, -0.05) is 17.8 Å². The highest BCUT2D eigenvalue weighted by Gasteiger charge is 2.32. The maximum Gasteiger partial charge on any atom is 0.416 e. The molecule has 1 N–H and O–H groups in total. The van der Waals surface area contributed by atoms with Gasteiger partial charge in [-0.25, -0.2) is 4.79 Å². The zero-order valence-corrected chi connectivity index (χ0v) is 13.9. The van der Waals surface area contributed by atoms with E-state index in [1.807, 2.05) is 0 Å². The highest BCUT2D eigenvalue weighted by atomic mass is 32.2. The maximum absolute atomic E-state index is 13.0. The summed E-state index contributed by atoms with van der Waals surface area (Å²) in [5.41, 5.74) is -1.38. The van der Waals surface area contributed by atoms with E-state index in [2.05, 4.69) is 0 Å². The fourth-order valence-electron chi connectivity index (χ4n) is 3.05. The third kappa shape index (κ3) is 2.38. The normalized spacial score (nSPS) is 13.1. The number of hydrogen-bond donors (Lipinski definition) is 1. The molecule has 26 heavy (non-hydrogen) atoms. The molecular weight excluding hydrogens is 369 g/mol. The Morgan fingerprint density at radius 3 is 2.54 bits per heavy atom. The summed E-state index contributed by atoms with van der Waals surface area (Å²) in [5.74, 6) is 0. The Morgan fingerprint density at radius 2 is 1.85 bits per heavy atom. The van der Waals surface area contributed by atoms with Crippen molar-refractivity contribution in [2.75, 3.05) is 6.61 Å². The fraction of sp³-hybridized carbons (Fsp3) is 0.176. The lowest BCUT2D eigenvalue weighted by Crippen LogP contribution is -2.41. The Kier molecular flexibility index (Phi) is 3.74. The number of halogens is 3. The molecule has 1 aromatic heterocycles. The molecule has 0 saturated carbocycles. The first-order chi connectivity index (χ1) is 12.3. The summed E-state index contributed by atoms with van der Waals surface area (Å²) < 4.78 is 41.2. The van der Waals surface area contributed by atoms with Crippen molar-refractivity contribution in [1.29, 1.82) is 0 Å². The van der Waals surface area contributed by atoms with Crippen LogP contribution in [0.1, 0.15) is 5.56 Å². The predicted molar refractivity (Wildman–Crippen MR) is 90.0 cm³/mol. The van der Waals surface area contributed by atoms with Gasteiger partial charge in [0, 0.05) is 9.79 Å². The Bertz CT molecular complexity index is 1160. The van der Waals surface area contributed by atoms with E-state index in [9.17, 15) is 22.8 Å². The smallest absolute Gasteiger partial charge is 0.395 e. The predicted octanol–water partition coefficient (Wildman–Crippen LogP) is 2.63. The molecule has 0 atom stereocenters. The van der Waals surface area contributed by atoms with Crippen LogP contribution in [0, 0.1) is 0 Å². The van der Waals surface area contributed by atoms with E-state index in [1.54, 1.807) is 18.2 Å². The van der Waals surface area contributed by atoms with Gasteiger partial charge < -0.3 is 5.11 Å². The molecule has 0 fully saturated rings. The second-order valence-electron chi connectivity index (χ2n) is 5.73. The third-order valence-electron chi connectivity index (χ3n) is 4.19. The minimum Gasteiger partial charge on any atom is -0.395 e. The minimum atomic E-state index is -4.50. The van der Waals surface area contributed by atoms with Crippen LogP contribution < -0.4 is 11.2 Å². The van der Waals surface area contributed by atoms with E-state index in [0.717, 1.165) is 28.5 Å². The van der Waals surface area contributed by atoms with E-state index >= 15 is 0 Å². The molecule has 4 rings (SSSR count). The fourth-order valence-corrected chi connectivity index (χ4v) is 4.18. The minimum absolute atomic E-state index is 0.194. The Balaban J connectivity index is 2.12. The molecule has 2 aromatic carbocycles. The second-order valence-corrected chi connectivity index (χ2v) is 6.82. The van der Waals surface area contributed by atoms with Crippen molar-refractivity contribution >= 4 is 22.7 Å². The highest BCUT2D eigenvalue weighted by molar-refractivity contribution is 7.99. The first kappa shape index (κ1) is 16.9. The number of aliphatic hydroxyl groups is 1. The summed E-state index contributed by atoms with van der Waals surface area (Å²) in [6, 6.07) is 7.96. The zero-order valence-electron chi connectivity index (χ0n) is 13.1. The molecule has 3 aromatic rings. The Morgan fingerprint density at radius 1 is 1.08 bits per heavy atom. The number of nitrogens with zero attached hydrogens (tertiary/aromatic N) is 2. The number of hydrogen-bond acceptors (Lipinski definition) is 4. The average molecular weight is 380 g/mol. The SMILES string of the molecule is O=c1c2cccc3c2n(c(=O)n1CCO)-c1ccc(C(F)(F)F)cc1S3. The molecule has 134 valence electrons. The van der Waals surface area contributed by atoms with Crippen LogP contribution in [-0.2, 0) is 12.7 Å². The summed E-state index contributed by atoms with van der Waals surface area (Å²) in [4.78, 5) is 26.2. The average Bonchev–Trinajstić information content (AvgIpc) is 2.60. The molecule has 5 nitrogen and oxygen atoms in total. The largest absolute Gasteiger partial charge is 0.416 e. The maximum atomic E-state index is 13.0.